The smallest absolute Gasteiger partial charge is 0.221 e. The maximum absolute atomic E-state index is 11.8. The largest absolute Gasteiger partial charge is 0.349 e. The molecular weight excluding hydrogens is 282 g/mol. The lowest BCUT2D eigenvalue weighted by atomic mass is 10.2. The van der Waals surface area contributed by atoms with Crippen LogP contribution in [0.4, 0.5) is 0 Å². The number of carbonyl (C=O) groups excluding carboxylic acids is 1. The fourth-order valence-corrected chi connectivity index (χ4v) is 3.60. The molecule has 8 nitrogen and oxygen atoms in total. The maximum Gasteiger partial charge on any atom is 0.221 e. The Hall–Kier alpha value is -1.48. The van der Waals surface area contributed by atoms with E-state index in [2.05, 4.69) is 20.8 Å². The Balaban J connectivity index is 1.81. The molecule has 1 atom stereocenters. The Morgan fingerprint density at radius 1 is 1.60 bits per heavy atom. The van der Waals surface area contributed by atoms with Gasteiger partial charge in [0.1, 0.15) is 6.33 Å². The van der Waals surface area contributed by atoms with E-state index in [1.165, 1.54) is 0 Å². The van der Waals surface area contributed by atoms with E-state index in [4.69, 9.17) is 0 Å². The molecule has 9 heteroatoms. The zero-order chi connectivity index (χ0) is 14.6. The molecule has 0 bridgehead atoms. The third-order valence-electron chi connectivity index (χ3n) is 3.21. The number of aromatic nitrogens is 3. The van der Waals surface area contributed by atoms with Crippen molar-refractivity contribution in [3.63, 3.8) is 0 Å². The predicted octanol–water partition coefficient (Wildman–Crippen LogP) is -1.31. The van der Waals surface area contributed by atoms with Crippen molar-refractivity contribution in [1.82, 2.24) is 25.4 Å². The van der Waals surface area contributed by atoms with Crippen molar-refractivity contribution in [2.75, 3.05) is 18.1 Å². The van der Waals surface area contributed by atoms with Crippen molar-refractivity contribution in [1.29, 1.82) is 0 Å². The second kappa shape index (κ2) is 6.31. The van der Waals surface area contributed by atoms with Gasteiger partial charge in [0.25, 0.3) is 0 Å². The van der Waals surface area contributed by atoms with Crippen LogP contribution in [0.25, 0.3) is 0 Å². The third kappa shape index (κ3) is 4.01. The van der Waals surface area contributed by atoms with Gasteiger partial charge in [0.05, 0.1) is 18.1 Å². The summed E-state index contributed by atoms with van der Waals surface area (Å²) in [6.07, 6.45) is 1.76. The molecule has 1 aromatic heterocycles. The summed E-state index contributed by atoms with van der Waals surface area (Å²) in [5, 5.41) is 13.5. The summed E-state index contributed by atoms with van der Waals surface area (Å²) in [6, 6.07) is -0.308. The minimum absolute atomic E-state index is 0.0194. The molecule has 1 unspecified atom stereocenters. The summed E-state index contributed by atoms with van der Waals surface area (Å²) >= 11 is 0. The summed E-state index contributed by atoms with van der Waals surface area (Å²) in [7, 11) is -3.02. The molecule has 0 saturated carbocycles. The van der Waals surface area contributed by atoms with E-state index in [-0.39, 0.29) is 29.9 Å². The topological polar surface area (TPSA) is 106 Å². The molecule has 112 valence electrons. The minimum Gasteiger partial charge on any atom is -0.349 e. The predicted molar refractivity (Wildman–Crippen MR) is 72.6 cm³/mol. The van der Waals surface area contributed by atoms with E-state index in [0.29, 0.717) is 18.9 Å². The lowest BCUT2D eigenvalue weighted by Crippen LogP contribution is -2.47. The van der Waals surface area contributed by atoms with Crippen molar-refractivity contribution in [2.24, 2.45) is 0 Å². The Labute approximate surface area is 117 Å². The number of hydrogen-bond donors (Lipinski definition) is 2. The molecule has 1 amide bonds. The molecule has 2 rings (SSSR count). The number of carbonyl (C=O) groups is 1. The summed E-state index contributed by atoms with van der Waals surface area (Å²) < 4.78 is 24.8. The van der Waals surface area contributed by atoms with Crippen molar-refractivity contribution in [2.45, 2.75) is 32.5 Å². The number of sulfone groups is 1. The van der Waals surface area contributed by atoms with Gasteiger partial charge >= 0.3 is 0 Å². The first-order valence-electron chi connectivity index (χ1n) is 6.57. The Morgan fingerprint density at radius 3 is 3.10 bits per heavy atom. The highest BCUT2D eigenvalue weighted by Crippen LogP contribution is 2.05. The van der Waals surface area contributed by atoms with Gasteiger partial charge in [0.15, 0.2) is 15.7 Å². The molecule has 0 aromatic carbocycles. The number of aryl methyl sites for hydroxylation is 1. The molecule has 1 aromatic rings. The van der Waals surface area contributed by atoms with E-state index in [9.17, 15) is 13.2 Å². The molecule has 2 N–H and O–H groups in total. The fourth-order valence-electron chi connectivity index (χ4n) is 2.15. The summed E-state index contributed by atoms with van der Waals surface area (Å²) in [4.78, 5) is 11.8. The Kier molecular flexibility index (Phi) is 4.71. The molecule has 2 heterocycles. The van der Waals surface area contributed by atoms with Crippen LogP contribution in [0.1, 0.15) is 19.2 Å². The number of amides is 1. The number of nitrogens with zero attached hydrogens (tertiary/aromatic N) is 3. The lowest BCUT2D eigenvalue weighted by molar-refractivity contribution is -0.121. The van der Waals surface area contributed by atoms with Gasteiger partial charge in [-0.2, -0.15) is 0 Å². The van der Waals surface area contributed by atoms with E-state index in [0.717, 1.165) is 6.54 Å². The molecule has 1 aliphatic rings. The van der Waals surface area contributed by atoms with E-state index in [1.807, 2.05) is 11.5 Å². The van der Waals surface area contributed by atoms with Gasteiger partial charge in [-0.25, -0.2) is 8.42 Å². The van der Waals surface area contributed by atoms with Crippen LogP contribution in [0.2, 0.25) is 0 Å². The molecule has 0 aliphatic carbocycles. The van der Waals surface area contributed by atoms with E-state index in [1.54, 1.807) is 6.33 Å². The summed E-state index contributed by atoms with van der Waals surface area (Å²) in [6.45, 7) is 3.41. The highest BCUT2D eigenvalue weighted by Gasteiger charge is 2.25. The van der Waals surface area contributed by atoms with Crippen molar-refractivity contribution in [3.8, 4) is 0 Å². The van der Waals surface area contributed by atoms with Crippen LogP contribution in [-0.2, 0) is 27.7 Å². The number of nitrogens with one attached hydrogen (secondary N) is 2. The van der Waals surface area contributed by atoms with Gasteiger partial charge in [0, 0.05) is 25.6 Å². The highest BCUT2D eigenvalue weighted by molar-refractivity contribution is 7.91. The molecular formula is C11H19N5O3S. The van der Waals surface area contributed by atoms with Crippen LogP contribution >= 0.6 is 0 Å². The maximum atomic E-state index is 11.8. The summed E-state index contributed by atoms with van der Waals surface area (Å²) in [5.74, 6) is 0.659. The van der Waals surface area contributed by atoms with Crippen LogP contribution in [0.15, 0.2) is 6.33 Å². The first kappa shape index (κ1) is 14.9. The van der Waals surface area contributed by atoms with E-state index < -0.39 is 9.84 Å². The molecule has 0 spiro atoms. The molecule has 1 fully saturated rings. The van der Waals surface area contributed by atoms with Crippen molar-refractivity contribution in [3.05, 3.63) is 12.2 Å². The molecule has 1 saturated heterocycles. The summed E-state index contributed by atoms with van der Waals surface area (Å²) in [5.41, 5.74) is 0. The van der Waals surface area contributed by atoms with Crippen LogP contribution in [0.5, 0.6) is 0 Å². The first-order chi connectivity index (χ1) is 9.50. The second-order valence-corrected chi connectivity index (χ2v) is 7.01. The SMILES string of the molecule is CCn1cnnc1CNC(=O)CC1CS(=O)(=O)CCN1. The van der Waals surface area contributed by atoms with Gasteiger partial charge in [0.2, 0.25) is 5.91 Å². The van der Waals surface area contributed by atoms with Crippen LogP contribution in [0, 0.1) is 0 Å². The number of rotatable bonds is 5. The third-order valence-corrected chi connectivity index (χ3v) is 4.95. The second-order valence-electron chi connectivity index (χ2n) is 4.78. The molecule has 0 radical (unpaired) electrons. The monoisotopic (exact) mass is 301 g/mol. The zero-order valence-electron chi connectivity index (χ0n) is 11.4. The average molecular weight is 301 g/mol. The van der Waals surface area contributed by atoms with Crippen molar-refractivity contribution < 1.29 is 13.2 Å². The number of hydrogen-bond acceptors (Lipinski definition) is 6. The van der Waals surface area contributed by atoms with Gasteiger partial charge in [-0.15, -0.1) is 10.2 Å². The Bertz CT molecular complexity index is 568. The standard InChI is InChI=1S/C11H19N5O3S/c1-2-16-8-14-15-10(16)6-13-11(17)5-9-7-20(18,19)4-3-12-9/h8-9,12H,2-7H2,1H3,(H,13,17). The quantitative estimate of drug-likeness (QED) is 0.699. The van der Waals surface area contributed by atoms with Crippen LogP contribution in [-0.4, -0.2) is 53.2 Å². The Morgan fingerprint density at radius 2 is 2.40 bits per heavy atom. The van der Waals surface area contributed by atoms with E-state index >= 15 is 0 Å². The van der Waals surface area contributed by atoms with Gasteiger partial charge in [-0.3, -0.25) is 4.79 Å². The van der Waals surface area contributed by atoms with Crippen LogP contribution in [0.3, 0.4) is 0 Å². The lowest BCUT2D eigenvalue weighted by Gasteiger charge is -2.23. The first-order valence-corrected chi connectivity index (χ1v) is 8.39. The van der Waals surface area contributed by atoms with Crippen molar-refractivity contribution >= 4 is 15.7 Å². The van der Waals surface area contributed by atoms with Crippen LogP contribution < -0.4 is 10.6 Å². The highest BCUT2D eigenvalue weighted by atomic mass is 32.2. The van der Waals surface area contributed by atoms with Gasteiger partial charge < -0.3 is 15.2 Å². The normalized spacial score (nSPS) is 21.6. The van der Waals surface area contributed by atoms with Gasteiger partial charge in [-0.05, 0) is 6.92 Å². The zero-order valence-corrected chi connectivity index (χ0v) is 12.2. The molecule has 20 heavy (non-hydrogen) atoms. The van der Waals surface area contributed by atoms with Gasteiger partial charge in [-0.1, -0.05) is 0 Å². The fraction of sp³-hybridized carbons (Fsp3) is 0.727. The minimum atomic E-state index is -3.02. The molecule has 1 aliphatic heterocycles. The average Bonchev–Trinajstić information content (AvgIpc) is 2.82.